The second-order valence-corrected chi connectivity index (χ2v) is 12.4. The van der Waals surface area contributed by atoms with E-state index in [-0.39, 0.29) is 6.10 Å². The Bertz CT molecular complexity index is 392. The number of rotatable bonds is 32. The van der Waals surface area contributed by atoms with Gasteiger partial charge in [0.15, 0.2) is 0 Å². The second kappa shape index (κ2) is 32.2. The van der Waals surface area contributed by atoms with E-state index < -0.39 is 0 Å². The first-order chi connectivity index (χ1) is 18.2. The molecule has 0 aromatic heterocycles. The molecule has 0 spiro atoms. The van der Waals surface area contributed by atoms with Gasteiger partial charge in [-0.05, 0) is 38.0 Å². The summed E-state index contributed by atoms with van der Waals surface area (Å²) in [6.45, 7) is 6.88. The smallest absolute Gasteiger partial charge is 0.0540 e. The highest BCUT2D eigenvalue weighted by molar-refractivity contribution is 4.89. The van der Waals surface area contributed by atoms with Crippen LogP contribution >= 0.6 is 0 Å². The van der Waals surface area contributed by atoms with Crippen LogP contribution in [0.3, 0.4) is 0 Å². The van der Waals surface area contributed by atoms with Crippen molar-refractivity contribution in [1.29, 1.82) is 0 Å². The molecule has 1 unspecified atom stereocenters. The van der Waals surface area contributed by atoms with E-state index in [2.05, 4.69) is 20.8 Å². The fourth-order valence-corrected chi connectivity index (χ4v) is 5.81. The molecule has 0 saturated carbocycles. The maximum Gasteiger partial charge on any atom is 0.0540 e. The molecule has 0 heterocycles. The molecule has 223 valence electrons. The third-order valence-corrected chi connectivity index (χ3v) is 8.48. The van der Waals surface area contributed by atoms with Gasteiger partial charge in [0, 0.05) is 0 Å². The molecule has 0 bridgehead atoms. The Kier molecular flexibility index (Phi) is 32.1. The summed E-state index contributed by atoms with van der Waals surface area (Å²) in [5, 5.41) is 10.1. The Morgan fingerprint density at radius 2 is 0.595 bits per heavy atom. The summed E-state index contributed by atoms with van der Waals surface area (Å²) in [6.07, 6.45) is 42.6. The maximum absolute atomic E-state index is 10.1. The van der Waals surface area contributed by atoms with Crippen LogP contribution in [0.15, 0.2) is 0 Å². The third-order valence-electron chi connectivity index (χ3n) is 8.48. The van der Waals surface area contributed by atoms with Crippen molar-refractivity contribution < 1.29 is 5.11 Å². The van der Waals surface area contributed by atoms with Gasteiger partial charge in [-0.3, -0.25) is 0 Å². The van der Waals surface area contributed by atoms with Gasteiger partial charge in [-0.25, -0.2) is 0 Å². The normalized spacial score (nSPS) is 12.6. The summed E-state index contributed by atoms with van der Waals surface area (Å²) in [6, 6.07) is 0. The molecule has 37 heavy (non-hydrogen) atoms. The fourth-order valence-electron chi connectivity index (χ4n) is 5.81. The number of hydrogen-bond acceptors (Lipinski definition) is 1. The molecule has 0 aliphatic carbocycles. The predicted octanol–water partition coefficient (Wildman–Crippen LogP) is 13.1. The van der Waals surface area contributed by atoms with E-state index >= 15 is 0 Å². The third kappa shape index (κ3) is 30.4. The van der Waals surface area contributed by atoms with Crippen molar-refractivity contribution in [1.82, 2.24) is 0 Å². The van der Waals surface area contributed by atoms with Crippen molar-refractivity contribution in [2.45, 2.75) is 226 Å². The first kappa shape index (κ1) is 37.0. The molecule has 1 radical (unpaired) electrons. The minimum Gasteiger partial charge on any atom is -0.393 e. The van der Waals surface area contributed by atoms with E-state index in [9.17, 15) is 5.11 Å². The van der Waals surface area contributed by atoms with Crippen molar-refractivity contribution in [3.8, 4) is 0 Å². The van der Waals surface area contributed by atoms with E-state index in [1.165, 1.54) is 186 Å². The van der Waals surface area contributed by atoms with Crippen molar-refractivity contribution in [3.63, 3.8) is 0 Å². The maximum atomic E-state index is 10.1. The van der Waals surface area contributed by atoms with Crippen LogP contribution in [0.1, 0.15) is 220 Å². The molecule has 1 heteroatoms. The van der Waals surface area contributed by atoms with Gasteiger partial charge in [-0.2, -0.15) is 0 Å². The summed E-state index contributed by atoms with van der Waals surface area (Å²) >= 11 is 0. The van der Waals surface area contributed by atoms with Crippen LogP contribution in [-0.2, 0) is 0 Å². The summed E-state index contributed by atoms with van der Waals surface area (Å²) in [5.74, 6) is 1.91. The molecule has 1 atom stereocenters. The molecule has 0 fully saturated rings. The largest absolute Gasteiger partial charge is 0.393 e. The van der Waals surface area contributed by atoms with Crippen LogP contribution in [0, 0.1) is 5.92 Å². The number of aliphatic hydroxyl groups is 1. The highest BCUT2D eigenvalue weighted by atomic mass is 16.3. The quantitative estimate of drug-likeness (QED) is 0.0872. The van der Waals surface area contributed by atoms with Crippen molar-refractivity contribution in [2.75, 3.05) is 0 Å². The van der Waals surface area contributed by atoms with E-state index in [1.807, 2.05) is 5.92 Å². The minimum atomic E-state index is -0.0376. The molecule has 0 aliphatic heterocycles. The first-order valence-corrected chi connectivity index (χ1v) is 17.8. The molecular weight excluding hydrogens is 448 g/mol. The molecular formula is C36H73O. The van der Waals surface area contributed by atoms with E-state index in [1.54, 1.807) is 0 Å². The number of aliphatic hydroxyl groups excluding tert-OH is 1. The number of unbranched alkanes of at least 4 members (excludes halogenated alkanes) is 22. The Hall–Kier alpha value is -0.0400. The monoisotopic (exact) mass is 522 g/mol. The van der Waals surface area contributed by atoms with Crippen molar-refractivity contribution >= 4 is 0 Å². The molecule has 0 saturated heterocycles. The Morgan fingerprint density at radius 3 is 0.919 bits per heavy atom. The zero-order valence-electron chi connectivity index (χ0n) is 26.4. The van der Waals surface area contributed by atoms with E-state index in [0.29, 0.717) is 0 Å². The molecule has 0 amide bonds. The van der Waals surface area contributed by atoms with Gasteiger partial charge in [0.1, 0.15) is 0 Å². The van der Waals surface area contributed by atoms with Gasteiger partial charge in [0.05, 0.1) is 6.10 Å². The molecule has 0 aromatic carbocycles. The lowest BCUT2D eigenvalue weighted by atomic mass is 9.89. The minimum absolute atomic E-state index is 0.0376. The summed E-state index contributed by atoms with van der Waals surface area (Å²) in [7, 11) is 0. The summed E-state index contributed by atoms with van der Waals surface area (Å²) < 4.78 is 0. The highest BCUT2D eigenvalue weighted by Gasteiger charge is 2.09. The lowest BCUT2D eigenvalue weighted by molar-refractivity contribution is 0.147. The SMILES string of the molecule is CCCCCCCCCC[C](CCCCCCCC)CCCCCCCCCCC(O)CCCCCC. The van der Waals surface area contributed by atoms with Gasteiger partial charge < -0.3 is 5.11 Å². The van der Waals surface area contributed by atoms with Crippen molar-refractivity contribution in [2.24, 2.45) is 0 Å². The van der Waals surface area contributed by atoms with Crippen LogP contribution < -0.4 is 0 Å². The second-order valence-electron chi connectivity index (χ2n) is 12.4. The van der Waals surface area contributed by atoms with Crippen LogP contribution in [-0.4, -0.2) is 11.2 Å². The standard InChI is InChI=1S/C36H73O/c1-4-7-10-13-15-18-22-26-31-35(30-25-21-14-11-8-5-2)32-27-23-19-16-17-20-24-29-34-36(37)33-28-12-9-6-3/h36-37H,4-34H2,1-3H3. The molecule has 1 N–H and O–H groups in total. The Morgan fingerprint density at radius 1 is 0.351 bits per heavy atom. The van der Waals surface area contributed by atoms with Gasteiger partial charge in [0.2, 0.25) is 0 Å². The van der Waals surface area contributed by atoms with Crippen molar-refractivity contribution in [3.05, 3.63) is 5.92 Å². The van der Waals surface area contributed by atoms with Gasteiger partial charge >= 0.3 is 0 Å². The fraction of sp³-hybridized carbons (Fsp3) is 0.972. The average molecular weight is 522 g/mol. The molecule has 0 aliphatic rings. The van der Waals surface area contributed by atoms with E-state index in [0.717, 1.165) is 12.8 Å². The lowest BCUT2D eigenvalue weighted by Gasteiger charge is -2.16. The van der Waals surface area contributed by atoms with Gasteiger partial charge in [-0.15, -0.1) is 0 Å². The van der Waals surface area contributed by atoms with Crippen LogP contribution in [0.4, 0.5) is 0 Å². The van der Waals surface area contributed by atoms with Gasteiger partial charge in [-0.1, -0.05) is 188 Å². The highest BCUT2D eigenvalue weighted by Crippen LogP contribution is 2.26. The van der Waals surface area contributed by atoms with E-state index in [4.69, 9.17) is 0 Å². The Labute approximate surface area is 236 Å². The zero-order valence-corrected chi connectivity index (χ0v) is 26.4. The predicted molar refractivity (Wildman–Crippen MR) is 169 cm³/mol. The molecule has 0 aromatic rings. The summed E-state index contributed by atoms with van der Waals surface area (Å²) in [5.41, 5.74) is 0. The van der Waals surface area contributed by atoms with Crippen LogP contribution in [0.25, 0.3) is 0 Å². The first-order valence-electron chi connectivity index (χ1n) is 17.8. The molecule has 0 rings (SSSR count). The number of hydrogen-bond donors (Lipinski definition) is 1. The topological polar surface area (TPSA) is 20.2 Å². The van der Waals surface area contributed by atoms with Crippen LogP contribution in [0.5, 0.6) is 0 Å². The lowest BCUT2D eigenvalue weighted by Crippen LogP contribution is -2.05. The zero-order chi connectivity index (χ0) is 27.1. The van der Waals surface area contributed by atoms with Crippen LogP contribution in [0.2, 0.25) is 0 Å². The van der Waals surface area contributed by atoms with Gasteiger partial charge in [0.25, 0.3) is 0 Å². The Balaban J connectivity index is 3.77. The molecule has 1 nitrogen and oxygen atoms in total. The summed E-state index contributed by atoms with van der Waals surface area (Å²) in [4.78, 5) is 0. The average Bonchev–Trinajstić information content (AvgIpc) is 2.90.